The Morgan fingerprint density at radius 2 is 1.79 bits per heavy atom. The SMILES string of the molecule is NS(=O)(=O)Cc1cc2c(cc1Sc1ccc(F)cc1F)C(=O)C=C2. The third-order valence-corrected chi connectivity index (χ3v) is 5.25. The second kappa shape index (κ2) is 6.12. The van der Waals surface area contributed by atoms with Crippen molar-refractivity contribution in [3.63, 3.8) is 0 Å². The number of rotatable bonds is 4. The van der Waals surface area contributed by atoms with Gasteiger partial charge in [-0.15, -0.1) is 0 Å². The maximum Gasteiger partial charge on any atom is 0.213 e. The van der Waals surface area contributed by atoms with Crippen molar-refractivity contribution in [2.75, 3.05) is 0 Å². The van der Waals surface area contributed by atoms with Gasteiger partial charge in [-0.3, -0.25) is 4.79 Å². The van der Waals surface area contributed by atoms with E-state index in [0.717, 1.165) is 23.9 Å². The van der Waals surface area contributed by atoms with Crippen molar-refractivity contribution < 1.29 is 22.0 Å². The van der Waals surface area contributed by atoms with Crippen LogP contribution in [0.2, 0.25) is 0 Å². The highest BCUT2D eigenvalue weighted by atomic mass is 32.2. The Morgan fingerprint density at radius 3 is 2.46 bits per heavy atom. The van der Waals surface area contributed by atoms with E-state index in [4.69, 9.17) is 5.14 Å². The number of primary sulfonamides is 1. The number of fused-ring (bicyclic) bond motifs is 1. The number of hydrogen-bond acceptors (Lipinski definition) is 4. The summed E-state index contributed by atoms with van der Waals surface area (Å²) in [5.41, 5.74) is 1.34. The van der Waals surface area contributed by atoms with Crippen molar-refractivity contribution in [1.29, 1.82) is 0 Å². The van der Waals surface area contributed by atoms with Crippen LogP contribution in [0, 0.1) is 11.6 Å². The summed E-state index contributed by atoms with van der Waals surface area (Å²) in [6.07, 6.45) is 2.95. The third kappa shape index (κ3) is 3.55. The molecule has 2 aromatic rings. The van der Waals surface area contributed by atoms with Crippen molar-refractivity contribution in [1.82, 2.24) is 0 Å². The Kier molecular flexibility index (Phi) is 4.29. The fourth-order valence-electron chi connectivity index (χ4n) is 2.35. The molecular formula is C16H11F2NO3S2. The molecule has 0 fully saturated rings. The predicted octanol–water partition coefficient (Wildman–Crippen LogP) is 3.11. The van der Waals surface area contributed by atoms with Crippen LogP contribution in [0.15, 0.2) is 46.2 Å². The number of carbonyl (C=O) groups is 1. The van der Waals surface area contributed by atoms with Gasteiger partial charge in [-0.1, -0.05) is 17.8 Å². The van der Waals surface area contributed by atoms with Crippen LogP contribution < -0.4 is 5.14 Å². The van der Waals surface area contributed by atoms with Crippen molar-refractivity contribution in [2.45, 2.75) is 15.5 Å². The van der Waals surface area contributed by atoms with E-state index >= 15 is 0 Å². The van der Waals surface area contributed by atoms with Gasteiger partial charge in [-0.05, 0) is 41.5 Å². The highest BCUT2D eigenvalue weighted by Crippen LogP contribution is 2.36. The molecule has 0 amide bonds. The molecule has 8 heteroatoms. The smallest absolute Gasteiger partial charge is 0.213 e. The van der Waals surface area contributed by atoms with Crippen LogP contribution in [0.3, 0.4) is 0 Å². The molecule has 0 bridgehead atoms. The van der Waals surface area contributed by atoms with Crippen LogP contribution in [0.1, 0.15) is 21.5 Å². The van der Waals surface area contributed by atoms with E-state index in [0.29, 0.717) is 21.6 Å². The van der Waals surface area contributed by atoms with Crippen molar-refractivity contribution in [2.24, 2.45) is 5.14 Å². The molecule has 4 nitrogen and oxygen atoms in total. The summed E-state index contributed by atoms with van der Waals surface area (Å²) in [6, 6.07) is 6.15. The van der Waals surface area contributed by atoms with Crippen LogP contribution in [0.25, 0.3) is 6.08 Å². The van der Waals surface area contributed by atoms with Crippen molar-refractivity contribution in [3.05, 3.63) is 64.7 Å². The van der Waals surface area contributed by atoms with Crippen LogP contribution in [0.4, 0.5) is 8.78 Å². The summed E-state index contributed by atoms with van der Waals surface area (Å²) in [7, 11) is -3.82. The first-order valence-electron chi connectivity index (χ1n) is 6.76. The average Bonchev–Trinajstić information content (AvgIpc) is 2.81. The Morgan fingerprint density at radius 1 is 1.04 bits per heavy atom. The van der Waals surface area contributed by atoms with Gasteiger partial charge < -0.3 is 0 Å². The van der Waals surface area contributed by atoms with E-state index in [1.807, 2.05) is 0 Å². The molecule has 2 N–H and O–H groups in total. The number of nitrogens with two attached hydrogens (primary N) is 1. The number of benzene rings is 2. The van der Waals surface area contributed by atoms with Gasteiger partial charge in [-0.2, -0.15) is 0 Å². The van der Waals surface area contributed by atoms with Gasteiger partial charge in [0.1, 0.15) is 11.6 Å². The lowest BCUT2D eigenvalue weighted by molar-refractivity contribution is 0.105. The largest absolute Gasteiger partial charge is 0.289 e. The van der Waals surface area contributed by atoms with Gasteiger partial charge in [-0.25, -0.2) is 22.3 Å². The molecule has 0 saturated carbocycles. The van der Waals surface area contributed by atoms with E-state index in [1.54, 1.807) is 12.1 Å². The van der Waals surface area contributed by atoms with Gasteiger partial charge in [0, 0.05) is 21.4 Å². The molecule has 0 aromatic heterocycles. The van der Waals surface area contributed by atoms with Gasteiger partial charge >= 0.3 is 0 Å². The Hall–Kier alpha value is -2.03. The van der Waals surface area contributed by atoms with Gasteiger partial charge in [0.2, 0.25) is 10.0 Å². The Bertz CT molecular complexity index is 985. The predicted molar refractivity (Wildman–Crippen MR) is 87.1 cm³/mol. The fourth-order valence-corrected chi connectivity index (χ4v) is 4.08. The zero-order valence-corrected chi connectivity index (χ0v) is 13.8. The van der Waals surface area contributed by atoms with Crippen molar-refractivity contribution in [3.8, 4) is 0 Å². The molecule has 124 valence electrons. The van der Waals surface area contributed by atoms with Crippen molar-refractivity contribution >= 4 is 33.6 Å². The molecule has 0 aliphatic heterocycles. The maximum atomic E-state index is 13.9. The van der Waals surface area contributed by atoms with Gasteiger partial charge in [0.25, 0.3) is 0 Å². The second-order valence-electron chi connectivity index (χ2n) is 5.23. The van der Waals surface area contributed by atoms with E-state index in [1.165, 1.54) is 18.2 Å². The minimum absolute atomic E-state index is 0.116. The number of allylic oxidation sites excluding steroid dienone is 1. The molecule has 0 spiro atoms. The first-order valence-corrected chi connectivity index (χ1v) is 9.29. The lowest BCUT2D eigenvalue weighted by atomic mass is 10.1. The molecule has 1 aliphatic rings. The Labute approximate surface area is 141 Å². The zero-order valence-electron chi connectivity index (χ0n) is 12.1. The lowest BCUT2D eigenvalue weighted by Crippen LogP contribution is -2.15. The average molecular weight is 367 g/mol. The summed E-state index contributed by atoms with van der Waals surface area (Å²) < 4.78 is 49.8. The monoisotopic (exact) mass is 367 g/mol. The van der Waals surface area contributed by atoms with E-state index in [2.05, 4.69) is 0 Å². The molecule has 1 aliphatic carbocycles. The Balaban J connectivity index is 2.08. The topological polar surface area (TPSA) is 77.2 Å². The summed E-state index contributed by atoms with van der Waals surface area (Å²) in [6.45, 7) is 0. The molecule has 0 unspecified atom stereocenters. The number of carbonyl (C=O) groups excluding carboxylic acids is 1. The molecular weight excluding hydrogens is 356 g/mol. The molecule has 3 rings (SSSR count). The first-order chi connectivity index (χ1) is 11.2. The molecule has 0 saturated heterocycles. The van der Waals surface area contributed by atoms with Crippen LogP contribution >= 0.6 is 11.8 Å². The molecule has 24 heavy (non-hydrogen) atoms. The minimum atomic E-state index is -3.82. The zero-order chi connectivity index (χ0) is 17.5. The van der Waals surface area contributed by atoms with E-state index in [-0.39, 0.29) is 10.7 Å². The van der Waals surface area contributed by atoms with E-state index in [9.17, 15) is 22.0 Å². The first kappa shape index (κ1) is 16.8. The summed E-state index contributed by atoms with van der Waals surface area (Å²) in [5.74, 6) is -2.15. The highest BCUT2D eigenvalue weighted by Gasteiger charge is 2.20. The summed E-state index contributed by atoms with van der Waals surface area (Å²) >= 11 is 0.917. The van der Waals surface area contributed by atoms with E-state index < -0.39 is 27.4 Å². The summed E-state index contributed by atoms with van der Waals surface area (Å²) in [5, 5.41) is 5.11. The quantitative estimate of drug-likeness (QED) is 0.901. The van der Waals surface area contributed by atoms with Gasteiger partial charge in [0.05, 0.1) is 5.75 Å². The standard InChI is InChI=1S/C16H11F2NO3S2/c17-11-2-4-15(13(18)6-11)23-16-7-12-9(1-3-14(12)20)5-10(16)8-24(19,21)22/h1-7H,8H2,(H2,19,21,22). The normalized spacial score (nSPS) is 13.4. The highest BCUT2D eigenvalue weighted by molar-refractivity contribution is 7.99. The van der Waals surface area contributed by atoms with Gasteiger partial charge in [0.15, 0.2) is 5.78 Å². The van der Waals surface area contributed by atoms with Crippen LogP contribution in [-0.4, -0.2) is 14.2 Å². The lowest BCUT2D eigenvalue weighted by Gasteiger charge is -2.12. The minimum Gasteiger partial charge on any atom is -0.289 e. The molecule has 0 heterocycles. The number of ketones is 1. The summed E-state index contributed by atoms with van der Waals surface area (Å²) in [4.78, 5) is 12.3. The molecule has 0 atom stereocenters. The number of sulfonamides is 1. The number of hydrogen-bond donors (Lipinski definition) is 1. The molecule has 2 aromatic carbocycles. The fraction of sp³-hybridized carbons (Fsp3) is 0.0625. The third-order valence-electron chi connectivity index (χ3n) is 3.38. The number of halogens is 2. The second-order valence-corrected chi connectivity index (χ2v) is 7.93. The molecule has 0 radical (unpaired) electrons. The maximum absolute atomic E-state index is 13.9. The van der Waals surface area contributed by atoms with Crippen LogP contribution in [-0.2, 0) is 15.8 Å². The van der Waals surface area contributed by atoms with Crippen LogP contribution in [0.5, 0.6) is 0 Å².